The SMILES string of the molecule is CC(C)(Nc1nc(Cl)nc(-n2cncn2)n1)C1CC1. The van der Waals surface area contributed by atoms with Crippen molar-refractivity contribution in [3.05, 3.63) is 17.9 Å². The van der Waals surface area contributed by atoms with Crippen LogP contribution in [0.3, 0.4) is 0 Å². The van der Waals surface area contributed by atoms with E-state index in [1.54, 1.807) is 0 Å². The molecule has 8 heteroatoms. The van der Waals surface area contributed by atoms with Crippen LogP contribution in [0.5, 0.6) is 0 Å². The predicted octanol–water partition coefficient (Wildman–Crippen LogP) is 1.71. The summed E-state index contributed by atoms with van der Waals surface area (Å²) in [6.07, 6.45) is 5.39. The smallest absolute Gasteiger partial charge is 0.258 e. The van der Waals surface area contributed by atoms with E-state index < -0.39 is 0 Å². The fourth-order valence-corrected chi connectivity index (χ4v) is 2.16. The summed E-state index contributed by atoms with van der Waals surface area (Å²) in [5, 5.41) is 7.43. The van der Waals surface area contributed by atoms with Gasteiger partial charge in [-0.2, -0.15) is 24.7 Å². The number of nitrogens with zero attached hydrogens (tertiary/aromatic N) is 6. The molecule has 0 unspecified atom stereocenters. The predicted molar refractivity (Wildman–Crippen MR) is 70.2 cm³/mol. The largest absolute Gasteiger partial charge is 0.349 e. The highest BCUT2D eigenvalue weighted by Crippen LogP contribution is 2.40. The molecular formula is C11H14ClN7. The van der Waals surface area contributed by atoms with Gasteiger partial charge >= 0.3 is 0 Å². The van der Waals surface area contributed by atoms with E-state index >= 15 is 0 Å². The minimum atomic E-state index is -0.0513. The zero-order valence-corrected chi connectivity index (χ0v) is 11.5. The van der Waals surface area contributed by atoms with Gasteiger partial charge in [0.05, 0.1) is 0 Å². The van der Waals surface area contributed by atoms with Crippen molar-refractivity contribution >= 4 is 17.5 Å². The standard InChI is InChI=1S/C11H14ClN7/c1-11(2,7-3-4-7)18-9-15-8(12)16-10(17-9)19-6-13-5-14-19/h5-7H,3-4H2,1-2H3,(H,15,16,17,18). The van der Waals surface area contributed by atoms with E-state index in [-0.39, 0.29) is 10.8 Å². The van der Waals surface area contributed by atoms with Gasteiger partial charge in [-0.15, -0.1) is 0 Å². The second-order valence-corrected chi connectivity index (χ2v) is 5.53. The first-order valence-corrected chi connectivity index (χ1v) is 6.47. The van der Waals surface area contributed by atoms with E-state index in [4.69, 9.17) is 11.6 Å². The maximum atomic E-state index is 5.93. The zero-order valence-electron chi connectivity index (χ0n) is 10.7. The van der Waals surface area contributed by atoms with Crippen LogP contribution in [0.25, 0.3) is 5.95 Å². The lowest BCUT2D eigenvalue weighted by molar-refractivity contribution is 0.489. The van der Waals surface area contributed by atoms with Crippen molar-refractivity contribution in [3.8, 4) is 5.95 Å². The Morgan fingerprint density at radius 2 is 2.11 bits per heavy atom. The number of rotatable bonds is 4. The van der Waals surface area contributed by atoms with Crippen molar-refractivity contribution in [2.75, 3.05) is 5.32 Å². The van der Waals surface area contributed by atoms with Crippen molar-refractivity contribution < 1.29 is 0 Å². The Kier molecular flexibility index (Phi) is 2.85. The lowest BCUT2D eigenvalue weighted by atomic mass is 9.99. The Morgan fingerprint density at radius 3 is 2.74 bits per heavy atom. The molecule has 0 amide bonds. The summed E-state index contributed by atoms with van der Waals surface area (Å²) in [4.78, 5) is 16.3. The van der Waals surface area contributed by atoms with Crippen molar-refractivity contribution in [2.24, 2.45) is 5.92 Å². The quantitative estimate of drug-likeness (QED) is 0.917. The van der Waals surface area contributed by atoms with Crippen LogP contribution >= 0.6 is 11.6 Å². The molecule has 2 heterocycles. The molecule has 2 aromatic heterocycles. The summed E-state index contributed by atoms with van der Waals surface area (Å²) in [5.74, 6) is 1.46. The van der Waals surface area contributed by atoms with Crippen LogP contribution in [0.15, 0.2) is 12.7 Å². The third kappa shape index (κ3) is 2.65. The van der Waals surface area contributed by atoms with Gasteiger partial charge in [-0.1, -0.05) is 0 Å². The van der Waals surface area contributed by atoms with E-state index in [1.165, 1.54) is 30.2 Å². The molecule has 1 N–H and O–H groups in total. The van der Waals surface area contributed by atoms with Gasteiger partial charge in [0.2, 0.25) is 11.2 Å². The molecule has 1 aliphatic carbocycles. The van der Waals surface area contributed by atoms with Crippen LogP contribution in [0.2, 0.25) is 5.28 Å². The molecule has 1 fully saturated rings. The van der Waals surface area contributed by atoms with Crippen LogP contribution in [0.4, 0.5) is 5.95 Å². The maximum absolute atomic E-state index is 5.93. The maximum Gasteiger partial charge on any atom is 0.258 e. The summed E-state index contributed by atoms with van der Waals surface area (Å²) >= 11 is 5.93. The first-order chi connectivity index (χ1) is 9.04. The van der Waals surface area contributed by atoms with Gasteiger partial charge in [-0.25, -0.2) is 4.98 Å². The van der Waals surface area contributed by atoms with Gasteiger partial charge in [0.25, 0.3) is 5.95 Å². The highest BCUT2D eigenvalue weighted by Gasteiger charge is 2.38. The van der Waals surface area contributed by atoms with Crippen LogP contribution in [0, 0.1) is 5.92 Å². The van der Waals surface area contributed by atoms with Crippen LogP contribution in [-0.4, -0.2) is 35.3 Å². The third-order valence-corrected chi connectivity index (χ3v) is 3.42. The van der Waals surface area contributed by atoms with Crippen molar-refractivity contribution in [1.29, 1.82) is 0 Å². The molecule has 0 radical (unpaired) electrons. The molecule has 0 aliphatic heterocycles. The molecule has 1 aliphatic rings. The van der Waals surface area contributed by atoms with Crippen LogP contribution in [-0.2, 0) is 0 Å². The van der Waals surface area contributed by atoms with Crippen LogP contribution < -0.4 is 5.32 Å². The molecular weight excluding hydrogens is 266 g/mol. The van der Waals surface area contributed by atoms with E-state index in [0.29, 0.717) is 17.8 Å². The van der Waals surface area contributed by atoms with E-state index in [9.17, 15) is 0 Å². The number of hydrogen-bond acceptors (Lipinski definition) is 6. The monoisotopic (exact) mass is 279 g/mol. The lowest BCUT2D eigenvalue weighted by Gasteiger charge is -2.26. The number of nitrogens with one attached hydrogen (secondary N) is 1. The fraction of sp³-hybridized carbons (Fsp3) is 0.545. The summed E-state index contributed by atoms with van der Waals surface area (Å²) in [7, 11) is 0. The number of anilines is 1. The first-order valence-electron chi connectivity index (χ1n) is 6.09. The molecule has 1 saturated carbocycles. The average molecular weight is 280 g/mol. The summed E-state index contributed by atoms with van der Waals surface area (Å²) in [6.45, 7) is 4.27. The van der Waals surface area contributed by atoms with Crippen molar-refractivity contribution in [2.45, 2.75) is 32.2 Å². The average Bonchev–Trinajstić information content (AvgIpc) is 3.05. The Bertz CT molecular complexity index is 577. The van der Waals surface area contributed by atoms with Gasteiger partial charge in [-0.05, 0) is 44.2 Å². The van der Waals surface area contributed by atoms with E-state index in [0.717, 1.165) is 0 Å². The lowest BCUT2D eigenvalue weighted by Crippen LogP contribution is -2.34. The molecule has 7 nitrogen and oxygen atoms in total. The van der Waals surface area contributed by atoms with Gasteiger partial charge < -0.3 is 5.32 Å². The molecule has 100 valence electrons. The molecule has 0 atom stereocenters. The number of hydrogen-bond donors (Lipinski definition) is 1. The Labute approximate surface area is 115 Å². The first kappa shape index (κ1) is 12.3. The molecule has 0 saturated heterocycles. The van der Waals surface area contributed by atoms with Gasteiger partial charge in [0.1, 0.15) is 12.7 Å². The van der Waals surface area contributed by atoms with Gasteiger partial charge in [0.15, 0.2) is 0 Å². The van der Waals surface area contributed by atoms with E-state index in [1.807, 2.05) is 0 Å². The second kappa shape index (κ2) is 4.41. The van der Waals surface area contributed by atoms with Gasteiger partial charge in [0, 0.05) is 5.54 Å². The topological polar surface area (TPSA) is 81.4 Å². The summed E-state index contributed by atoms with van der Waals surface area (Å²) in [5.41, 5.74) is -0.0513. The van der Waals surface area contributed by atoms with E-state index in [2.05, 4.69) is 44.2 Å². The molecule has 2 aromatic rings. The van der Waals surface area contributed by atoms with Crippen molar-refractivity contribution in [3.63, 3.8) is 0 Å². The molecule has 0 aromatic carbocycles. The normalized spacial score (nSPS) is 15.5. The fourth-order valence-electron chi connectivity index (χ4n) is 2.00. The highest BCUT2D eigenvalue weighted by atomic mass is 35.5. The molecule has 19 heavy (non-hydrogen) atoms. The number of aromatic nitrogens is 6. The Balaban J connectivity index is 1.89. The summed E-state index contributed by atoms with van der Waals surface area (Å²) in [6, 6.07) is 0. The van der Waals surface area contributed by atoms with Crippen LogP contribution in [0.1, 0.15) is 26.7 Å². The van der Waals surface area contributed by atoms with Crippen molar-refractivity contribution in [1.82, 2.24) is 29.7 Å². The molecule has 0 spiro atoms. The molecule has 3 rings (SSSR count). The zero-order chi connectivity index (χ0) is 13.5. The second-order valence-electron chi connectivity index (χ2n) is 5.19. The number of halogens is 1. The minimum Gasteiger partial charge on any atom is -0.349 e. The third-order valence-electron chi connectivity index (χ3n) is 3.25. The molecule has 0 bridgehead atoms. The van der Waals surface area contributed by atoms with Gasteiger partial charge in [-0.3, -0.25) is 0 Å². The highest BCUT2D eigenvalue weighted by molar-refractivity contribution is 6.28. The summed E-state index contributed by atoms with van der Waals surface area (Å²) < 4.78 is 1.45. The Morgan fingerprint density at radius 1 is 1.32 bits per heavy atom. The minimum absolute atomic E-state index is 0.0513. The Hall–Kier alpha value is -1.76.